The van der Waals surface area contributed by atoms with Crippen LogP contribution in [0.5, 0.6) is 0 Å². The fourth-order valence-electron chi connectivity index (χ4n) is 3.28. The molecular formula is C15H21N3O. The highest BCUT2D eigenvalue weighted by molar-refractivity contribution is 5.97. The molecule has 4 heteroatoms. The van der Waals surface area contributed by atoms with Gasteiger partial charge in [-0.1, -0.05) is 13.0 Å². The average molecular weight is 259 g/mol. The molecular weight excluding hydrogens is 238 g/mol. The molecule has 0 saturated carbocycles. The van der Waals surface area contributed by atoms with Crippen molar-refractivity contribution in [3.8, 4) is 0 Å². The van der Waals surface area contributed by atoms with E-state index in [-0.39, 0.29) is 5.91 Å². The van der Waals surface area contributed by atoms with E-state index in [4.69, 9.17) is 0 Å². The third-order valence-corrected chi connectivity index (χ3v) is 4.29. The third kappa shape index (κ3) is 1.91. The summed E-state index contributed by atoms with van der Waals surface area (Å²) in [5.41, 5.74) is 4.79. The standard InChI is InChI=1S/C15H21N3O/c1-3-10-4-5-11-8-17-6-7-18-9-12(15(19)16-2)13(10)14(11)18/h5,9-10,17H,3-4,6-8H2,1-2H3,(H,16,19). The Hall–Kier alpha value is -1.55. The third-order valence-electron chi connectivity index (χ3n) is 4.29. The minimum atomic E-state index is 0.0447. The van der Waals surface area contributed by atoms with Crippen molar-refractivity contribution in [2.24, 2.45) is 0 Å². The van der Waals surface area contributed by atoms with Crippen molar-refractivity contribution in [2.45, 2.75) is 32.2 Å². The average Bonchev–Trinajstić information content (AvgIpc) is 2.70. The van der Waals surface area contributed by atoms with Gasteiger partial charge in [0.05, 0.1) is 5.56 Å². The summed E-state index contributed by atoms with van der Waals surface area (Å²) in [6.45, 7) is 5.02. The first kappa shape index (κ1) is 12.5. The van der Waals surface area contributed by atoms with Gasteiger partial charge in [0.25, 0.3) is 5.91 Å². The van der Waals surface area contributed by atoms with Crippen molar-refractivity contribution >= 4 is 11.5 Å². The van der Waals surface area contributed by atoms with Crippen LogP contribution in [0.1, 0.15) is 47.3 Å². The zero-order valence-corrected chi connectivity index (χ0v) is 11.6. The predicted octanol–water partition coefficient (Wildman–Crippen LogP) is 1.73. The van der Waals surface area contributed by atoms with Crippen LogP contribution in [0.2, 0.25) is 0 Å². The van der Waals surface area contributed by atoms with Crippen LogP contribution in [0.15, 0.2) is 12.3 Å². The summed E-state index contributed by atoms with van der Waals surface area (Å²) in [6.07, 6.45) is 6.52. The Labute approximate surface area is 113 Å². The number of carbonyl (C=O) groups is 1. The van der Waals surface area contributed by atoms with Crippen LogP contribution in [-0.2, 0) is 6.54 Å². The fraction of sp³-hybridized carbons (Fsp3) is 0.533. The summed E-state index contributed by atoms with van der Waals surface area (Å²) in [5, 5.41) is 6.23. The molecule has 0 aromatic carbocycles. The quantitative estimate of drug-likeness (QED) is 0.849. The molecule has 1 aromatic rings. The molecule has 0 spiro atoms. The highest BCUT2D eigenvalue weighted by Crippen LogP contribution is 2.40. The Kier molecular flexibility index (Phi) is 3.19. The minimum absolute atomic E-state index is 0.0447. The Bertz CT molecular complexity index is 542. The molecule has 2 N–H and O–H groups in total. The lowest BCUT2D eigenvalue weighted by Gasteiger charge is -2.23. The first-order valence-corrected chi connectivity index (χ1v) is 7.11. The van der Waals surface area contributed by atoms with E-state index >= 15 is 0 Å². The number of allylic oxidation sites excluding steroid dienone is 1. The maximum absolute atomic E-state index is 12.1. The molecule has 0 fully saturated rings. The van der Waals surface area contributed by atoms with Crippen molar-refractivity contribution in [3.05, 3.63) is 29.1 Å². The first-order valence-electron chi connectivity index (χ1n) is 7.11. The van der Waals surface area contributed by atoms with Crippen LogP contribution in [-0.4, -0.2) is 30.6 Å². The van der Waals surface area contributed by atoms with Crippen LogP contribution >= 0.6 is 0 Å². The Balaban J connectivity index is 2.19. The fourth-order valence-corrected chi connectivity index (χ4v) is 3.28. The largest absolute Gasteiger partial charge is 0.355 e. The molecule has 0 bridgehead atoms. The van der Waals surface area contributed by atoms with Gasteiger partial charge in [-0.2, -0.15) is 0 Å². The Morgan fingerprint density at radius 1 is 1.58 bits per heavy atom. The van der Waals surface area contributed by atoms with Crippen LogP contribution < -0.4 is 10.6 Å². The van der Waals surface area contributed by atoms with Crippen molar-refractivity contribution in [1.29, 1.82) is 0 Å². The topological polar surface area (TPSA) is 46.1 Å². The number of nitrogens with one attached hydrogen (secondary N) is 2. The lowest BCUT2D eigenvalue weighted by molar-refractivity contribution is 0.0961. The first-order chi connectivity index (χ1) is 9.26. The van der Waals surface area contributed by atoms with E-state index in [0.717, 1.165) is 38.0 Å². The van der Waals surface area contributed by atoms with Crippen LogP contribution in [0.25, 0.3) is 5.57 Å². The summed E-state index contributed by atoms with van der Waals surface area (Å²) in [6, 6.07) is 0. The molecule has 1 unspecified atom stereocenters. The van der Waals surface area contributed by atoms with E-state index in [0.29, 0.717) is 5.92 Å². The number of amides is 1. The number of aromatic nitrogens is 1. The number of rotatable bonds is 2. The van der Waals surface area contributed by atoms with Crippen LogP contribution in [0.4, 0.5) is 0 Å². The van der Waals surface area contributed by atoms with E-state index in [1.807, 2.05) is 6.20 Å². The normalized spacial score (nSPS) is 21.4. The summed E-state index contributed by atoms with van der Waals surface area (Å²) in [4.78, 5) is 12.1. The van der Waals surface area contributed by atoms with E-state index in [9.17, 15) is 4.79 Å². The minimum Gasteiger partial charge on any atom is -0.355 e. The molecule has 1 aliphatic carbocycles. The maximum atomic E-state index is 12.1. The highest BCUT2D eigenvalue weighted by atomic mass is 16.1. The Morgan fingerprint density at radius 2 is 2.42 bits per heavy atom. The van der Waals surface area contributed by atoms with E-state index < -0.39 is 0 Å². The van der Waals surface area contributed by atoms with Gasteiger partial charge in [0.1, 0.15) is 0 Å². The smallest absolute Gasteiger partial charge is 0.252 e. The van der Waals surface area contributed by atoms with Gasteiger partial charge >= 0.3 is 0 Å². The molecule has 0 radical (unpaired) electrons. The molecule has 1 aromatic heterocycles. The Morgan fingerprint density at radius 3 is 3.16 bits per heavy atom. The SMILES string of the molecule is CCC1CC=C2CNCCn3cc(C(=O)NC)c1c32. The molecule has 3 rings (SSSR count). The predicted molar refractivity (Wildman–Crippen MR) is 76.3 cm³/mol. The van der Waals surface area contributed by atoms with Crippen molar-refractivity contribution < 1.29 is 4.79 Å². The van der Waals surface area contributed by atoms with Gasteiger partial charge in [-0.25, -0.2) is 0 Å². The molecule has 2 aliphatic rings. The molecule has 2 heterocycles. The number of hydrogen-bond donors (Lipinski definition) is 2. The number of hydrogen-bond acceptors (Lipinski definition) is 2. The van der Waals surface area contributed by atoms with E-state index in [1.54, 1.807) is 7.05 Å². The van der Waals surface area contributed by atoms with Crippen LogP contribution in [0, 0.1) is 0 Å². The lowest BCUT2D eigenvalue weighted by atomic mass is 9.83. The van der Waals surface area contributed by atoms with Gasteiger partial charge in [-0.15, -0.1) is 0 Å². The van der Waals surface area contributed by atoms with Gasteiger partial charge in [0.15, 0.2) is 0 Å². The summed E-state index contributed by atoms with van der Waals surface area (Å²) >= 11 is 0. The molecule has 1 aliphatic heterocycles. The van der Waals surface area contributed by atoms with Gasteiger partial charge in [-0.3, -0.25) is 4.79 Å². The van der Waals surface area contributed by atoms with Crippen molar-refractivity contribution in [3.63, 3.8) is 0 Å². The maximum Gasteiger partial charge on any atom is 0.252 e. The zero-order chi connectivity index (χ0) is 13.4. The second-order valence-corrected chi connectivity index (χ2v) is 5.32. The van der Waals surface area contributed by atoms with Gasteiger partial charge in [0.2, 0.25) is 0 Å². The van der Waals surface area contributed by atoms with Crippen molar-refractivity contribution in [2.75, 3.05) is 20.1 Å². The lowest BCUT2D eigenvalue weighted by Crippen LogP contribution is -2.22. The summed E-state index contributed by atoms with van der Waals surface area (Å²) in [7, 11) is 1.71. The second-order valence-electron chi connectivity index (χ2n) is 5.32. The second kappa shape index (κ2) is 4.85. The molecule has 1 atom stereocenters. The monoisotopic (exact) mass is 259 g/mol. The molecule has 4 nitrogen and oxygen atoms in total. The van der Waals surface area contributed by atoms with E-state index in [2.05, 4.69) is 28.2 Å². The number of carbonyl (C=O) groups excluding carboxylic acids is 1. The summed E-state index contributed by atoms with van der Waals surface area (Å²) in [5.74, 6) is 0.522. The van der Waals surface area contributed by atoms with Gasteiger partial charge in [-0.05, 0) is 29.9 Å². The highest BCUT2D eigenvalue weighted by Gasteiger charge is 2.30. The van der Waals surface area contributed by atoms with Gasteiger partial charge in [0, 0.05) is 38.6 Å². The van der Waals surface area contributed by atoms with E-state index in [1.165, 1.54) is 16.8 Å². The number of nitrogens with zero attached hydrogens (tertiary/aromatic N) is 1. The zero-order valence-electron chi connectivity index (χ0n) is 11.6. The molecule has 1 amide bonds. The molecule has 0 saturated heterocycles. The van der Waals surface area contributed by atoms with Crippen molar-refractivity contribution in [1.82, 2.24) is 15.2 Å². The van der Waals surface area contributed by atoms with Crippen LogP contribution in [0.3, 0.4) is 0 Å². The molecule has 19 heavy (non-hydrogen) atoms. The van der Waals surface area contributed by atoms with Gasteiger partial charge < -0.3 is 15.2 Å². The summed E-state index contributed by atoms with van der Waals surface area (Å²) < 4.78 is 2.26. The molecule has 102 valence electrons.